The van der Waals surface area contributed by atoms with Crippen LogP contribution in [0.4, 0.5) is 0 Å². The van der Waals surface area contributed by atoms with Crippen molar-refractivity contribution < 1.29 is 4.79 Å². The lowest BCUT2D eigenvalue weighted by Gasteiger charge is -2.20. The van der Waals surface area contributed by atoms with Gasteiger partial charge in [0.25, 0.3) is 0 Å². The fraction of sp³-hybridized carbons (Fsp3) is 0.800. The minimum absolute atomic E-state index is 0.181. The van der Waals surface area contributed by atoms with Crippen LogP contribution in [0.2, 0.25) is 0 Å². The van der Waals surface area contributed by atoms with Crippen molar-refractivity contribution in [3.8, 4) is 0 Å². The van der Waals surface area contributed by atoms with Crippen molar-refractivity contribution in [2.75, 3.05) is 6.54 Å². The van der Waals surface area contributed by atoms with Crippen molar-refractivity contribution in [3.63, 3.8) is 0 Å². The van der Waals surface area contributed by atoms with Gasteiger partial charge in [0.2, 0.25) is 5.91 Å². The number of nitrogens with two attached hydrogens (primary N) is 1. The second kappa shape index (κ2) is 5.96. The van der Waals surface area contributed by atoms with Crippen LogP contribution < -0.4 is 11.1 Å². The standard InChI is InChI=1S/C10H18N2OS/c11-9(14)6-7-12-10(13)8-4-2-1-3-5-8/h8H,1-7H2,(H2,11,14)(H,12,13). The van der Waals surface area contributed by atoms with E-state index in [0.29, 0.717) is 18.0 Å². The fourth-order valence-corrected chi connectivity index (χ4v) is 1.92. The molecule has 3 nitrogen and oxygen atoms in total. The minimum atomic E-state index is 0.181. The summed E-state index contributed by atoms with van der Waals surface area (Å²) < 4.78 is 0. The SMILES string of the molecule is NC(=S)CCNC(=O)C1CCCCC1. The Bertz CT molecular complexity index is 212. The molecule has 14 heavy (non-hydrogen) atoms. The molecule has 0 aromatic rings. The van der Waals surface area contributed by atoms with Gasteiger partial charge in [-0.2, -0.15) is 0 Å². The van der Waals surface area contributed by atoms with Gasteiger partial charge in [-0.05, 0) is 12.8 Å². The summed E-state index contributed by atoms with van der Waals surface area (Å²) in [6.07, 6.45) is 6.34. The van der Waals surface area contributed by atoms with Crippen LogP contribution in [0.3, 0.4) is 0 Å². The number of amides is 1. The number of thiocarbonyl (C=S) groups is 1. The van der Waals surface area contributed by atoms with E-state index in [1.54, 1.807) is 0 Å². The lowest BCUT2D eigenvalue weighted by molar-refractivity contribution is -0.125. The Kier molecular flexibility index (Phi) is 4.87. The Labute approximate surface area is 90.4 Å². The number of hydrogen-bond acceptors (Lipinski definition) is 2. The van der Waals surface area contributed by atoms with Gasteiger partial charge in [-0.1, -0.05) is 31.5 Å². The summed E-state index contributed by atoms with van der Waals surface area (Å²) in [4.78, 5) is 12.1. The van der Waals surface area contributed by atoms with Crippen molar-refractivity contribution in [2.45, 2.75) is 38.5 Å². The highest BCUT2D eigenvalue weighted by Gasteiger charge is 2.20. The summed E-state index contributed by atoms with van der Waals surface area (Å²) in [6.45, 7) is 0.588. The molecule has 0 spiro atoms. The third kappa shape index (κ3) is 4.05. The van der Waals surface area contributed by atoms with Gasteiger partial charge >= 0.3 is 0 Å². The Balaban J connectivity index is 2.16. The first kappa shape index (κ1) is 11.4. The van der Waals surface area contributed by atoms with Gasteiger partial charge in [-0.15, -0.1) is 0 Å². The zero-order chi connectivity index (χ0) is 10.4. The number of rotatable bonds is 4. The second-order valence-electron chi connectivity index (χ2n) is 3.84. The van der Waals surface area contributed by atoms with Gasteiger partial charge in [0, 0.05) is 18.9 Å². The lowest BCUT2D eigenvalue weighted by atomic mass is 9.89. The molecule has 0 aliphatic heterocycles. The topological polar surface area (TPSA) is 55.1 Å². The van der Waals surface area contributed by atoms with Crippen molar-refractivity contribution in [1.82, 2.24) is 5.32 Å². The highest BCUT2D eigenvalue weighted by Crippen LogP contribution is 2.23. The minimum Gasteiger partial charge on any atom is -0.393 e. The molecule has 1 fully saturated rings. The quantitative estimate of drug-likeness (QED) is 0.695. The molecule has 0 radical (unpaired) electrons. The molecule has 3 N–H and O–H groups in total. The molecule has 1 amide bonds. The Morgan fingerprint density at radius 1 is 1.36 bits per heavy atom. The van der Waals surface area contributed by atoms with Crippen LogP contribution in [0.1, 0.15) is 38.5 Å². The van der Waals surface area contributed by atoms with Gasteiger partial charge < -0.3 is 11.1 Å². The van der Waals surface area contributed by atoms with Crippen LogP contribution in [0.5, 0.6) is 0 Å². The Morgan fingerprint density at radius 3 is 2.57 bits per heavy atom. The molecule has 0 aromatic heterocycles. The Hall–Kier alpha value is -0.640. The van der Waals surface area contributed by atoms with E-state index in [0.717, 1.165) is 12.8 Å². The maximum absolute atomic E-state index is 11.6. The highest BCUT2D eigenvalue weighted by molar-refractivity contribution is 7.80. The van der Waals surface area contributed by atoms with E-state index in [4.69, 9.17) is 18.0 Å². The molecule has 0 unspecified atom stereocenters. The monoisotopic (exact) mass is 214 g/mol. The van der Waals surface area contributed by atoms with E-state index in [2.05, 4.69) is 5.32 Å². The van der Waals surface area contributed by atoms with E-state index in [9.17, 15) is 4.79 Å². The van der Waals surface area contributed by atoms with Gasteiger partial charge in [0.15, 0.2) is 0 Å². The van der Waals surface area contributed by atoms with Crippen LogP contribution in [0.25, 0.3) is 0 Å². The van der Waals surface area contributed by atoms with Crippen molar-refractivity contribution >= 4 is 23.1 Å². The predicted molar refractivity (Wildman–Crippen MR) is 61.0 cm³/mol. The zero-order valence-corrected chi connectivity index (χ0v) is 9.24. The van der Waals surface area contributed by atoms with Crippen LogP contribution in [0.15, 0.2) is 0 Å². The number of carbonyl (C=O) groups is 1. The molecule has 0 saturated heterocycles. The van der Waals surface area contributed by atoms with E-state index in [1.807, 2.05) is 0 Å². The summed E-state index contributed by atoms with van der Waals surface area (Å²) in [6, 6.07) is 0. The second-order valence-corrected chi connectivity index (χ2v) is 4.37. The average Bonchev–Trinajstić information content (AvgIpc) is 2.18. The van der Waals surface area contributed by atoms with Crippen molar-refractivity contribution in [1.29, 1.82) is 0 Å². The molecule has 0 aromatic carbocycles. The smallest absolute Gasteiger partial charge is 0.223 e. The maximum Gasteiger partial charge on any atom is 0.223 e. The third-order valence-corrected chi connectivity index (χ3v) is 2.85. The molecule has 80 valence electrons. The third-order valence-electron chi connectivity index (χ3n) is 2.65. The lowest BCUT2D eigenvalue weighted by Crippen LogP contribution is -2.33. The van der Waals surface area contributed by atoms with Crippen LogP contribution in [0, 0.1) is 5.92 Å². The molecule has 0 heterocycles. The summed E-state index contributed by atoms with van der Waals surface area (Å²) >= 11 is 4.73. The largest absolute Gasteiger partial charge is 0.393 e. The summed E-state index contributed by atoms with van der Waals surface area (Å²) in [5.74, 6) is 0.413. The molecule has 1 saturated carbocycles. The van der Waals surface area contributed by atoms with Gasteiger partial charge in [0.1, 0.15) is 0 Å². The number of hydrogen-bond donors (Lipinski definition) is 2. The van der Waals surface area contributed by atoms with Crippen LogP contribution >= 0.6 is 12.2 Å². The first-order valence-electron chi connectivity index (χ1n) is 5.26. The number of carbonyl (C=O) groups excluding carboxylic acids is 1. The molecular formula is C10H18N2OS. The molecule has 1 aliphatic rings. The highest BCUT2D eigenvalue weighted by atomic mass is 32.1. The normalized spacial score (nSPS) is 17.7. The van der Waals surface area contributed by atoms with E-state index >= 15 is 0 Å². The van der Waals surface area contributed by atoms with E-state index < -0.39 is 0 Å². The summed E-state index contributed by atoms with van der Waals surface area (Å²) in [5.41, 5.74) is 5.34. The maximum atomic E-state index is 11.6. The van der Waals surface area contributed by atoms with Crippen molar-refractivity contribution in [2.24, 2.45) is 11.7 Å². The van der Waals surface area contributed by atoms with Gasteiger partial charge in [-0.3, -0.25) is 4.79 Å². The molecule has 0 bridgehead atoms. The van der Waals surface area contributed by atoms with Crippen molar-refractivity contribution in [3.05, 3.63) is 0 Å². The van der Waals surface area contributed by atoms with Crippen LogP contribution in [-0.4, -0.2) is 17.4 Å². The number of nitrogens with one attached hydrogen (secondary N) is 1. The first-order valence-corrected chi connectivity index (χ1v) is 5.67. The van der Waals surface area contributed by atoms with E-state index in [1.165, 1.54) is 19.3 Å². The molecule has 1 rings (SSSR count). The molecular weight excluding hydrogens is 196 g/mol. The first-order chi connectivity index (χ1) is 6.70. The fourth-order valence-electron chi connectivity index (χ4n) is 1.82. The van der Waals surface area contributed by atoms with Gasteiger partial charge in [-0.25, -0.2) is 0 Å². The predicted octanol–water partition coefficient (Wildman–Crippen LogP) is 1.36. The summed E-state index contributed by atoms with van der Waals surface area (Å²) in [7, 11) is 0. The Morgan fingerprint density at radius 2 is 2.00 bits per heavy atom. The summed E-state index contributed by atoms with van der Waals surface area (Å²) in [5, 5.41) is 2.88. The van der Waals surface area contributed by atoms with Gasteiger partial charge in [0.05, 0.1) is 4.99 Å². The van der Waals surface area contributed by atoms with Crippen LogP contribution in [-0.2, 0) is 4.79 Å². The molecule has 0 atom stereocenters. The average molecular weight is 214 g/mol. The zero-order valence-electron chi connectivity index (χ0n) is 8.42. The molecule has 1 aliphatic carbocycles. The molecule has 4 heteroatoms. The van der Waals surface area contributed by atoms with E-state index in [-0.39, 0.29) is 11.8 Å².